The summed E-state index contributed by atoms with van der Waals surface area (Å²) in [6.45, 7) is 2.08. The van der Waals surface area contributed by atoms with E-state index in [1.807, 2.05) is 6.07 Å². The van der Waals surface area contributed by atoms with Crippen molar-refractivity contribution in [1.29, 1.82) is 0 Å². The third-order valence-electron chi connectivity index (χ3n) is 3.42. The van der Waals surface area contributed by atoms with E-state index in [2.05, 4.69) is 64.6 Å². The number of fused-ring (bicyclic) bond motifs is 1. The average Bonchev–Trinajstić information content (AvgIpc) is 2.77. The van der Waals surface area contributed by atoms with Crippen molar-refractivity contribution in [2.24, 2.45) is 0 Å². The van der Waals surface area contributed by atoms with E-state index in [0.717, 1.165) is 11.3 Å². The van der Waals surface area contributed by atoms with E-state index in [-0.39, 0.29) is 10.7 Å². The lowest BCUT2D eigenvalue weighted by atomic mass is 10.0. The molecule has 1 aliphatic heterocycles. The molecule has 0 fully saturated rings. The lowest BCUT2D eigenvalue weighted by Crippen LogP contribution is -2.03. The first-order chi connectivity index (χ1) is 9.13. The van der Waals surface area contributed by atoms with E-state index in [9.17, 15) is 4.79 Å². The molecule has 1 heterocycles. The van der Waals surface area contributed by atoms with Gasteiger partial charge in [0.1, 0.15) is 0 Å². The summed E-state index contributed by atoms with van der Waals surface area (Å²) in [6.07, 6.45) is 0.483. The lowest BCUT2D eigenvalue weighted by molar-refractivity contribution is -0.115. The summed E-state index contributed by atoms with van der Waals surface area (Å²) in [7, 11) is 0. The van der Waals surface area contributed by atoms with Gasteiger partial charge in [0.05, 0.1) is 11.2 Å². The van der Waals surface area contributed by atoms with Crippen LogP contribution in [0.4, 0.5) is 5.69 Å². The molecular weight excluding hydrogens is 302 g/mol. The highest BCUT2D eigenvalue weighted by molar-refractivity contribution is 9.09. The van der Waals surface area contributed by atoms with Gasteiger partial charge < -0.3 is 5.32 Å². The quantitative estimate of drug-likeness (QED) is 0.835. The number of amides is 1. The highest BCUT2D eigenvalue weighted by atomic mass is 79.9. The van der Waals surface area contributed by atoms with Crippen LogP contribution in [0.25, 0.3) is 0 Å². The zero-order valence-corrected chi connectivity index (χ0v) is 12.2. The second-order valence-corrected chi connectivity index (χ2v) is 5.83. The van der Waals surface area contributed by atoms with E-state index in [0.29, 0.717) is 6.42 Å². The molecule has 1 aliphatic rings. The zero-order chi connectivity index (χ0) is 13.4. The van der Waals surface area contributed by atoms with Gasteiger partial charge in [-0.2, -0.15) is 0 Å². The molecule has 0 radical (unpaired) electrons. The number of aryl methyl sites for hydroxylation is 1. The SMILES string of the molecule is Cc1ccc(C(Br)c2ccc3c(c2)CC(=O)N3)cc1. The Morgan fingerprint density at radius 2 is 1.79 bits per heavy atom. The Balaban J connectivity index is 1.92. The van der Waals surface area contributed by atoms with Gasteiger partial charge >= 0.3 is 0 Å². The van der Waals surface area contributed by atoms with Crippen LogP contribution in [0.3, 0.4) is 0 Å². The molecule has 0 bridgehead atoms. The molecule has 0 aliphatic carbocycles. The van der Waals surface area contributed by atoms with Crippen molar-refractivity contribution in [2.45, 2.75) is 18.2 Å². The largest absolute Gasteiger partial charge is 0.326 e. The van der Waals surface area contributed by atoms with E-state index in [1.165, 1.54) is 16.7 Å². The van der Waals surface area contributed by atoms with Crippen LogP contribution >= 0.6 is 15.9 Å². The van der Waals surface area contributed by atoms with Crippen LogP contribution in [0.1, 0.15) is 27.1 Å². The number of rotatable bonds is 2. The van der Waals surface area contributed by atoms with Gasteiger partial charge in [-0.25, -0.2) is 0 Å². The number of alkyl halides is 1. The highest BCUT2D eigenvalue weighted by Gasteiger charge is 2.19. The van der Waals surface area contributed by atoms with Gasteiger partial charge in [0.15, 0.2) is 0 Å². The van der Waals surface area contributed by atoms with Crippen molar-refractivity contribution in [1.82, 2.24) is 0 Å². The predicted octanol–water partition coefficient (Wildman–Crippen LogP) is 3.97. The Kier molecular flexibility index (Phi) is 3.15. The predicted molar refractivity (Wildman–Crippen MR) is 80.7 cm³/mol. The molecular formula is C16H14BrNO. The van der Waals surface area contributed by atoms with Crippen molar-refractivity contribution < 1.29 is 4.79 Å². The second kappa shape index (κ2) is 4.82. The number of hydrogen-bond acceptors (Lipinski definition) is 1. The Morgan fingerprint density at radius 3 is 2.53 bits per heavy atom. The minimum Gasteiger partial charge on any atom is -0.326 e. The van der Waals surface area contributed by atoms with Crippen LogP contribution in [-0.2, 0) is 11.2 Å². The highest BCUT2D eigenvalue weighted by Crippen LogP contribution is 2.34. The van der Waals surface area contributed by atoms with Crippen molar-refractivity contribution in [3.63, 3.8) is 0 Å². The van der Waals surface area contributed by atoms with Crippen molar-refractivity contribution in [3.05, 3.63) is 64.7 Å². The molecule has 0 aromatic heterocycles. The normalized spacial score (nSPS) is 14.9. The van der Waals surface area contributed by atoms with E-state index in [4.69, 9.17) is 0 Å². The van der Waals surface area contributed by atoms with E-state index in [1.54, 1.807) is 0 Å². The number of carbonyl (C=O) groups excluding carboxylic acids is 1. The minimum absolute atomic E-state index is 0.0774. The fourth-order valence-corrected chi connectivity index (χ4v) is 2.92. The van der Waals surface area contributed by atoms with E-state index < -0.39 is 0 Å². The molecule has 1 amide bonds. The van der Waals surface area contributed by atoms with Crippen LogP contribution < -0.4 is 5.32 Å². The molecule has 1 atom stereocenters. The van der Waals surface area contributed by atoms with Gasteiger partial charge in [-0.3, -0.25) is 4.79 Å². The molecule has 0 spiro atoms. The van der Waals surface area contributed by atoms with Gasteiger partial charge in [0.2, 0.25) is 5.91 Å². The smallest absolute Gasteiger partial charge is 0.228 e. The topological polar surface area (TPSA) is 29.1 Å². The van der Waals surface area contributed by atoms with Crippen LogP contribution in [0.15, 0.2) is 42.5 Å². The molecule has 3 rings (SSSR count). The summed E-state index contributed by atoms with van der Waals surface area (Å²) in [5.74, 6) is 0.0774. The first-order valence-corrected chi connectivity index (χ1v) is 7.18. The third kappa shape index (κ3) is 2.43. The number of carbonyl (C=O) groups is 1. The molecule has 19 heavy (non-hydrogen) atoms. The fraction of sp³-hybridized carbons (Fsp3) is 0.188. The van der Waals surface area contributed by atoms with Crippen LogP contribution in [0.5, 0.6) is 0 Å². The van der Waals surface area contributed by atoms with Crippen molar-refractivity contribution in [3.8, 4) is 0 Å². The standard InChI is InChI=1S/C16H14BrNO/c1-10-2-4-11(5-3-10)16(17)12-6-7-14-13(8-12)9-15(19)18-14/h2-8,16H,9H2,1H3,(H,18,19). The number of halogens is 1. The molecule has 2 nitrogen and oxygen atoms in total. The summed E-state index contributed by atoms with van der Waals surface area (Å²) in [5, 5.41) is 2.86. The molecule has 2 aromatic carbocycles. The average molecular weight is 316 g/mol. The van der Waals surface area contributed by atoms with Gasteiger partial charge in [-0.15, -0.1) is 0 Å². The van der Waals surface area contributed by atoms with Crippen LogP contribution in [0, 0.1) is 6.92 Å². The Labute approximate surface area is 121 Å². The summed E-state index contributed by atoms with van der Waals surface area (Å²) >= 11 is 3.74. The summed E-state index contributed by atoms with van der Waals surface area (Å²) in [6, 6.07) is 14.6. The first-order valence-electron chi connectivity index (χ1n) is 6.27. The monoisotopic (exact) mass is 315 g/mol. The summed E-state index contributed by atoms with van der Waals surface area (Å²) in [5.41, 5.74) is 5.69. The second-order valence-electron chi connectivity index (χ2n) is 4.91. The Morgan fingerprint density at radius 1 is 1.11 bits per heavy atom. The lowest BCUT2D eigenvalue weighted by Gasteiger charge is -2.12. The van der Waals surface area contributed by atoms with E-state index >= 15 is 0 Å². The van der Waals surface area contributed by atoms with Gasteiger partial charge in [-0.1, -0.05) is 57.9 Å². The Hall–Kier alpha value is -1.61. The third-order valence-corrected chi connectivity index (χ3v) is 4.47. The molecule has 96 valence electrons. The minimum atomic E-state index is 0.0774. The Bertz CT molecular complexity index is 634. The number of benzene rings is 2. The maximum atomic E-state index is 11.4. The number of nitrogens with one attached hydrogen (secondary N) is 1. The first kappa shape index (κ1) is 12.4. The van der Waals surface area contributed by atoms with Crippen molar-refractivity contribution in [2.75, 3.05) is 5.32 Å². The molecule has 1 unspecified atom stereocenters. The van der Waals surface area contributed by atoms with Crippen molar-refractivity contribution >= 4 is 27.5 Å². The molecule has 2 aromatic rings. The fourth-order valence-electron chi connectivity index (χ4n) is 2.33. The molecule has 3 heteroatoms. The molecule has 1 N–H and O–H groups in total. The maximum Gasteiger partial charge on any atom is 0.228 e. The van der Waals surface area contributed by atoms with Crippen LogP contribution in [-0.4, -0.2) is 5.91 Å². The maximum absolute atomic E-state index is 11.4. The van der Waals surface area contributed by atoms with Gasteiger partial charge in [0.25, 0.3) is 0 Å². The van der Waals surface area contributed by atoms with Gasteiger partial charge in [0, 0.05) is 5.69 Å². The summed E-state index contributed by atoms with van der Waals surface area (Å²) in [4.78, 5) is 11.5. The van der Waals surface area contributed by atoms with Gasteiger partial charge in [-0.05, 0) is 29.7 Å². The zero-order valence-electron chi connectivity index (χ0n) is 10.6. The summed E-state index contributed by atoms with van der Waals surface area (Å²) < 4.78 is 0. The number of anilines is 1. The molecule has 0 saturated carbocycles. The van der Waals surface area contributed by atoms with Crippen LogP contribution in [0.2, 0.25) is 0 Å². The number of hydrogen-bond donors (Lipinski definition) is 1. The molecule has 0 saturated heterocycles.